The zero-order valence-corrected chi connectivity index (χ0v) is 8.09. The lowest BCUT2D eigenvalue weighted by Gasteiger charge is -2.38. The molecule has 0 aromatic rings. The minimum Gasteiger partial charge on any atom is -0.392 e. The van der Waals surface area contributed by atoms with Crippen molar-refractivity contribution in [2.75, 3.05) is 6.54 Å². The molecule has 2 aliphatic rings. The third-order valence-corrected chi connectivity index (χ3v) is 3.43. The van der Waals surface area contributed by atoms with E-state index in [0.29, 0.717) is 19.4 Å². The van der Waals surface area contributed by atoms with E-state index in [1.807, 2.05) is 0 Å². The van der Waals surface area contributed by atoms with Gasteiger partial charge in [-0.3, -0.25) is 0 Å². The van der Waals surface area contributed by atoms with Crippen LogP contribution in [0.15, 0.2) is 0 Å². The molecule has 0 radical (unpaired) electrons. The summed E-state index contributed by atoms with van der Waals surface area (Å²) in [5.74, 6) is -0.916. The lowest BCUT2D eigenvalue weighted by molar-refractivity contribution is -0.228. The largest absolute Gasteiger partial charge is 0.414 e. The molecule has 3 nitrogen and oxygen atoms in total. The molecule has 3 N–H and O–H groups in total. The van der Waals surface area contributed by atoms with Gasteiger partial charge in [-0.15, -0.1) is 0 Å². The first kappa shape index (κ1) is 11.2. The van der Waals surface area contributed by atoms with Gasteiger partial charge in [-0.1, -0.05) is 0 Å². The zero-order chi connectivity index (χ0) is 11.3. The number of nitrogens with one attached hydrogen (secondary N) is 1. The summed E-state index contributed by atoms with van der Waals surface area (Å²) in [6.07, 6.45) is -6.40. The fraction of sp³-hybridized carbons (Fsp3) is 1.00. The van der Waals surface area contributed by atoms with Gasteiger partial charge in [-0.2, -0.15) is 13.2 Å². The first-order chi connectivity index (χ1) is 6.85. The SMILES string of the molecule is OC1CNC2(CC2)C(C(O)C(F)(F)F)C1. The number of aliphatic hydroxyl groups excluding tert-OH is 2. The number of aliphatic hydroxyl groups is 2. The van der Waals surface area contributed by atoms with Crippen LogP contribution in [0, 0.1) is 5.92 Å². The third-order valence-electron chi connectivity index (χ3n) is 3.43. The van der Waals surface area contributed by atoms with Gasteiger partial charge in [-0.25, -0.2) is 0 Å². The summed E-state index contributed by atoms with van der Waals surface area (Å²) in [5.41, 5.74) is -0.575. The molecule has 15 heavy (non-hydrogen) atoms. The molecule has 1 saturated carbocycles. The van der Waals surface area contributed by atoms with Gasteiger partial charge in [0, 0.05) is 18.0 Å². The van der Waals surface area contributed by atoms with Crippen LogP contribution < -0.4 is 5.32 Å². The Morgan fingerprint density at radius 3 is 2.40 bits per heavy atom. The Balaban J connectivity index is 2.11. The number of hydrogen-bond acceptors (Lipinski definition) is 3. The first-order valence-corrected chi connectivity index (χ1v) is 5.03. The van der Waals surface area contributed by atoms with Crippen molar-refractivity contribution in [2.24, 2.45) is 5.92 Å². The van der Waals surface area contributed by atoms with Crippen molar-refractivity contribution >= 4 is 0 Å². The molecule has 2 fully saturated rings. The van der Waals surface area contributed by atoms with Crippen molar-refractivity contribution in [3.05, 3.63) is 0 Å². The van der Waals surface area contributed by atoms with E-state index in [-0.39, 0.29) is 6.42 Å². The highest BCUT2D eigenvalue weighted by atomic mass is 19.4. The first-order valence-electron chi connectivity index (χ1n) is 5.03. The summed E-state index contributed by atoms with van der Waals surface area (Å²) in [4.78, 5) is 0. The Bertz CT molecular complexity index is 252. The fourth-order valence-electron chi connectivity index (χ4n) is 2.40. The van der Waals surface area contributed by atoms with E-state index in [0.717, 1.165) is 0 Å². The molecular weight excluding hydrogens is 211 g/mol. The Morgan fingerprint density at radius 1 is 1.33 bits per heavy atom. The molecule has 1 aliphatic heterocycles. The lowest BCUT2D eigenvalue weighted by atomic mass is 9.82. The van der Waals surface area contributed by atoms with Gasteiger partial charge in [0.15, 0.2) is 6.10 Å². The molecule has 1 heterocycles. The summed E-state index contributed by atoms with van der Waals surface area (Å²) in [6.45, 7) is 0.321. The number of halogens is 3. The van der Waals surface area contributed by atoms with Gasteiger partial charge in [0.1, 0.15) is 0 Å². The third kappa shape index (κ3) is 1.98. The van der Waals surface area contributed by atoms with Crippen molar-refractivity contribution in [3.63, 3.8) is 0 Å². The number of hydrogen-bond donors (Lipinski definition) is 3. The van der Waals surface area contributed by atoms with E-state index in [9.17, 15) is 23.4 Å². The molecule has 0 aromatic carbocycles. The number of alkyl halides is 3. The van der Waals surface area contributed by atoms with Crippen LogP contribution in [0.25, 0.3) is 0 Å². The van der Waals surface area contributed by atoms with Crippen LogP contribution in [0.1, 0.15) is 19.3 Å². The molecule has 1 aliphatic carbocycles. The normalized spacial score (nSPS) is 36.6. The molecule has 1 saturated heterocycles. The maximum atomic E-state index is 12.4. The van der Waals surface area contributed by atoms with Crippen LogP contribution in [0.5, 0.6) is 0 Å². The summed E-state index contributed by atoms with van der Waals surface area (Å²) >= 11 is 0. The fourth-order valence-corrected chi connectivity index (χ4v) is 2.40. The maximum Gasteiger partial charge on any atom is 0.414 e. The van der Waals surface area contributed by atoms with Gasteiger partial charge in [0.2, 0.25) is 0 Å². The minimum atomic E-state index is -4.60. The molecular formula is C9H14F3NO2. The summed E-state index contributed by atoms with van der Waals surface area (Å²) < 4.78 is 37.1. The van der Waals surface area contributed by atoms with Gasteiger partial charge in [-0.05, 0) is 19.3 Å². The molecule has 3 unspecified atom stereocenters. The van der Waals surface area contributed by atoms with E-state index in [1.54, 1.807) is 0 Å². The van der Waals surface area contributed by atoms with E-state index < -0.39 is 29.8 Å². The Kier molecular flexibility index (Phi) is 2.48. The van der Waals surface area contributed by atoms with Crippen molar-refractivity contribution in [1.82, 2.24) is 5.32 Å². The standard InChI is InChI=1S/C9H14F3NO2/c10-9(11,12)7(15)6-3-5(14)4-13-8(6)1-2-8/h5-7,13-15H,1-4H2. The average molecular weight is 225 g/mol. The smallest absolute Gasteiger partial charge is 0.392 e. The molecule has 2 rings (SSSR count). The van der Waals surface area contributed by atoms with Gasteiger partial charge < -0.3 is 15.5 Å². The summed E-state index contributed by atoms with van der Waals surface area (Å²) in [5, 5.41) is 21.5. The highest BCUT2D eigenvalue weighted by Crippen LogP contribution is 2.50. The average Bonchev–Trinajstić information content (AvgIpc) is 2.88. The molecule has 3 atom stereocenters. The van der Waals surface area contributed by atoms with E-state index in [1.165, 1.54) is 0 Å². The number of rotatable bonds is 1. The van der Waals surface area contributed by atoms with E-state index in [4.69, 9.17) is 0 Å². The summed E-state index contributed by atoms with van der Waals surface area (Å²) in [6, 6.07) is 0. The van der Waals surface area contributed by atoms with E-state index >= 15 is 0 Å². The van der Waals surface area contributed by atoms with Gasteiger partial charge in [0.05, 0.1) is 6.10 Å². The molecule has 88 valence electrons. The topological polar surface area (TPSA) is 52.5 Å². The lowest BCUT2D eigenvalue weighted by Crippen LogP contribution is -2.56. The van der Waals surface area contributed by atoms with Crippen molar-refractivity contribution in [2.45, 2.75) is 43.2 Å². The van der Waals surface area contributed by atoms with E-state index in [2.05, 4.69) is 5.32 Å². The van der Waals surface area contributed by atoms with Crippen LogP contribution >= 0.6 is 0 Å². The second-order valence-electron chi connectivity index (χ2n) is 4.52. The van der Waals surface area contributed by atoms with Crippen molar-refractivity contribution < 1.29 is 23.4 Å². The van der Waals surface area contributed by atoms with Crippen LogP contribution in [0.2, 0.25) is 0 Å². The predicted octanol–water partition coefficient (Wildman–Crippen LogP) is 0.413. The molecule has 6 heteroatoms. The molecule has 1 spiro atoms. The number of β-amino-alcohol motifs (C(OH)–C–C–N with tert-alkyl or cyclic N) is 1. The van der Waals surface area contributed by atoms with Crippen molar-refractivity contribution in [3.8, 4) is 0 Å². The minimum absolute atomic E-state index is 0.0215. The van der Waals surface area contributed by atoms with Gasteiger partial charge >= 0.3 is 6.18 Å². The zero-order valence-electron chi connectivity index (χ0n) is 8.09. The highest BCUT2D eigenvalue weighted by Gasteiger charge is 2.59. The van der Waals surface area contributed by atoms with Gasteiger partial charge in [0.25, 0.3) is 0 Å². The Hall–Kier alpha value is -0.330. The molecule has 0 amide bonds. The second-order valence-corrected chi connectivity index (χ2v) is 4.52. The second kappa shape index (κ2) is 3.33. The van der Waals surface area contributed by atoms with Crippen LogP contribution in [0.4, 0.5) is 13.2 Å². The Morgan fingerprint density at radius 2 is 1.93 bits per heavy atom. The highest BCUT2D eigenvalue weighted by molar-refractivity contribution is 5.12. The van der Waals surface area contributed by atoms with Crippen LogP contribution in [-0.2, 0) is 0 Å². The molecule has 0 bridgehead atoms. The quantitative estimate of drug-likeness (QED) is 0.606. The summed E-state index contributed by atoms with van der Waals surface area (Å²) in [7, 11) is 0. The Labute approximate surface area is 85.3 Å². The molecule has 0 aromatic heterocycles. The monoisotopic (exact) mass is 225 g/mol. The predicted molar refractivity (Wildman–Crippen MR) is 46.1 cm³/mol. The van der Waals surface area contributed by atoms with Crippen molar-refractivity contribution in [1.29, 1.82) is 0 Å². The van der Waals surface area contributed by atoms with Crippen LogP contribution in [0.3, 0.4) is 0 Å². The van der Waals surface area contributed by atoms with Crippen LogP contribution in [-0.4, -0.2) is 40.7 Å². The maximum absolute atomic E-state index is 12.4. The number of piperidine rings is 1.